The van der Waals surface area contributed by atoms with Gasteiger partial charge >= 0.3 is 0 Å². The third kappa shape index (κ3) is 6.45. The normalized spacial score (nSPS) is 12.0. The largest absolute Gasteiger partial charge is 0.493 e. The Balaban J connectivity index is 1.68. The van der Waals surface area contributed by atoms with Gasteiger partial charge in [0.1, 0.15) is 6.61 Å². The summed E-state index contributed by atoms with van der Waals surface area (Å²) >= 11 is 0. The van der Waals surface area contributed by atoms with Gasteiger partial charge in [-0.2, -0.15) is 0 Å². The number of nitrogens with zero attached hydrogens (tertiary/aromatic N) is 1. The number of sulfonamides is 1. The summed E-state index contributed by atoms with van der Waals surface area (Å²) in [5.41, 5.74) is 2.48. The zero-order chi connectivity index (χ0) is 23.1. The van der Waals surface area contributed by atoms with Gasteiger partial charge in [-0.1, -0.05) is 12.1 Å². The standard InChI is InChI=1S/C23H25N3O5S/c1-16(25-23(27)19-5-4-6-20(13-19)26-32(3,28)29)18-7-8-21(22(14-18)30-2)31-15-17-9-11-24-12-10-17/h4-14,16,26H,15H2,1-3H3,(H,25,27). The maximum absolute atomic E-state index is 12.7. The highest BCUT2D eigenvalue weighted by atomic mass is 32.2. The van der Waals surface area contributed by atoms with Gasteiger partial charge in [-0.05, 0) is 60.5 Å². The van der Waals surface area contributed by atoms with Crippen molar-refractivity contribution in [2.24, 2.45) is 0 Å². The van der Waals surface area contributed by atoms with Crippen LogP contribution in [0.2, 0.25) is 0 Å². The van der Waals surface area contributed by atoms with Crippen LogP contribution in [0, 0.1) is 0 Å². The Morgan fingerprint density at radius 2 is 1.81 bits per heavy atom. The van der Waals surface area contributed by atoms with E-state index in [1.807, 2.05) is 31.2 Å². The van der Waals surface area contributed by atoms with Gasteiger partial charge in [0, 0.05) is 23.6 Å². The molecule has 3 rings (SSSR count). The minimum Gasteiger partial charge on any atom is -0.493 e. The maximum Gasteiger partial charge on any atom is 0.251 e. The molecule has 1 atom stereocenters. The number of anilines is 1. The number of hydrogen-bond donors (Lipinski definition) is 2. The van der Waals surface area contributed by atoms with Gasteiger partial charge in [0.25, 0.3) is 5.91 Å². The monoisotopic (exact) mass is 455 g/mol. The molecular weight excluding hydrogens is 430 g/mol. The van der Waals surface area contributed by atoms with E-state index in [4.69, 9.17) is 9.47 Å². The van der Waals surface area contributed by atoms with Crippen molar-refractivity contribution in [1.82, 2.24) is 10.3 Å². The van der Waals surface area contributed by atoms with E-state index in [0.717, 1.165) is 17.4 Å². The molecule has 32 heavy (non-hydrogen) atoms. The van der Waals surface area contributed by atoms with Gasteiger partial charge in [0.05, 0.1) is 19.4 Å². The molecule has 168 valence electrons. The fourth-order valence-electron chi connectivity index (χ4n) is 3.01. The van der Waals surface area contributed by atoms with Crippen molar-refractivity contribution in [3.8, 4) is 11.5 Å². The first-order chi connectivity index (χ1) is 15.2. The number of carbonyl (C=O) groups is 1. The fraction of sp³-hybridized carbons (Fsp3) is 0.217. The number of pyridine rings is 1. The molecule has 0 spiro atoms. The molecule has 0 aliphatic carbocycles. The Kier molecular flexibility index (Phi) is 7.32. The highest BCUT2D eigenvalue weighted by Gasteiger charge is 2.15. The van der Waals surface area contributed by atoms with Crippen molar-refractivity contribution < 1.29 is 22.7 Å². The highest BCUT2D eigenvalue weighted by molar-refractivity contribution is 7.92. The van der Waals surface area contributed by atoms with Crippen molar-refractivity contribution in [3.05, 3.63) is 83.7 Å². The number of amides is 1. The number of carbonyl (C=O) groups excluding carboxylic acids is 1. The molecule has 8 nitrogen and oxygen atoms in total. The number of rotatable bonds is 9. The Morgan fingerprint density at radius 1 is 1.06 bits per heavy atom. The molecule has 0 radical (unpaired) electrons. The SMILES string of the molecule is COc1cc(C(C)NC(=O)c2cccc(NS(C)(=O)=O)c2)ccc1OCc1ccncc1. The minimum atomic E-state index is -3.43. The van der Waals surface area contributed by atoms with Gasteiger partial charge in [-0.15, -0.1) is 0 Å². The quantitative estimate of drug-likeness (QED) is 0.511. The topological polar surface area (TPSA) is 107 Å². The maximum atomic E-state index is 12.7. The van der Waals surface area contributed by atoms with Crippen molar-refractivity contribution in [2.75, 3.05) is 18.1 Å². The third-order valence-electron chi connectivity index (χ3n) is 4.61. The van der Waals surface area contributed by atoms with Crippen LogP contribution in [0.3, 0.4) is 0 Å². The summed E-state index contributed by atoms with van der Waals surface area (Å²) < 4.78 is 36.5. The van der Waals surface area contributed by atoms with Crippen LogP contribution >= 0.6 is 0 Å². The van der Waals surface area contributed by atoms with Gasteiger partial charge in [-0.25, -0.2) is 8.42 Å². The molecule has 0 aliphatic rings. The lowest BCUT2D eigenvalue weighted by Crippen LogP contribution is -2.26. The third-order valence-corrected chi connectivity index (χ3v) is 5.21. The highest BCUT2D eigenvalue weighted by Crippen LogP contribution is 2.31. The molecule has 9 heteroatoms. The van der Waals surface area contributed by atoms with Crippen LogP contribution in [-0.2, 0) is 16.6 Å². The predicted octanol–water partition coefficient (Wildman–Crippen LogP) is 3.53. The van der Waals surface area contributed by atoms with E-state index in [0.29, 0.717) is 29.4 Å². The van der Waals surface area contributed by atoms with Gasteiger partial charge in [0.2, 0.25) is 10.0 Å². The van der Waals surface area contributed by atoms with Crippen molar-refractivity contribution in [1.29, 1.82) is 0 Å². The summed E-state index contributed by atoms with van der Waals surface area (Å²) in [5, 5.41) is 2.91. The van der Waals surface area contributed by atoms with Crippen LogP contribution in [0.4, 0.5) is 5.69 Å². The number of hydrogen-bond acceptors (Lipinski definition) is 6. The van der Waals surface area contributed by atoms with Gasteiger partial charge < -0.3 is 14.8 Å². The summed E-state index contributed by atoms with van der Waals surface area (Å²) in [6, 6.07) is 15.2. The number of nitrogens with one attached hydrogen (secondary N) is 2. The molecule has 1 amide bonds. The van der Waals surface area contributed by atoms with Crippen molar-refractivity contribution in [2.45, 2.75) is 19.6 Å². The summed E-state index contributed by atoms with van der Waals surface area (Å²) in [5.74, 6) is 0.815. The van der Waals surface area contributed by atoms with Crippen LogP contribution in [-0.4, -0.2) is 32.7 Å². The zero-order valence-corrected chi connectivity index (χ0v) is 18.8. The van der Waals surface area contributed by atoms with E-state index >= 15 is 0 Å². The summed E-state index contributed by atoms with van der Waals surface area (Å²) in [7, 11) is -1.87. The van der Waals surface area contributed by atoms with Crippen LogP contribution in [0.5, 0.6) is 11.5 Å². The average Bonchev–Trinajstić information content (AvgIpc) is 2.77. The molecule has 1 unspecified atom stereocenters. The van der Waals surface area contributed by atoms with Crippen LogP contribution in [0.25, 0.3) is 0 Å². The fourth-order valence-corrected chi connectivity index (χ4v) is 3.57. The predicted molar refractivity (Wildman–Crippen MR) is 122 cm³/mol. The average molecular weight is 456 g/mol. The first-order valence-corrected chi connectivity index (χ1v) is 11.7. The van der Waals surface area contributed by atoms with Crippen LogP contribution in [0.1, 0.15) is 34.5 Å². The molecule has 2 aromatic carbocycles. The molecule has 0 saturated heterocycles. The minimum absolute atomic E-state index is 0.322. The molecule has 0 saturated carbocycles. The lowest BCUT2D eigenvalue weighted by molar-refractivity contribution is 0.0940. The Hall–Kier alpha value is -3.59. The van der Waals surface area contributed by atoms with E-state index in [1.54, 1.807) is 43.8 Å². The molecule has 0 aliphatic heterocycles. The molecule has 1 heterocycles. The molecular formula is C23H25N3O5S. The second-order valence-electron chi connectivity index (χ2n) is 7.20. The number of aromatic nitrogens is 1. The summed E-state index contributed by atoms with van der Waals surface area (Å²) in [4.78, 5) is 16.7. The second kappa shape index (κ2) is 10.1. The van der Waals surface area contributed by atoms with E-state index in [1.165, 1.54) is 6.07 Å². The van der Waals surface area contributed by atoms with Crippen molar-refractivity contribution >= 4 is 21.6 Å². The number of methoxy groups -OCH3 is 1. The molecule has 0 fully saturated rings. The molecule has 2 N–H and O–H groups in total. The van der Waals surface area contributed by atoms with E-state index in [-0.39, 0.29) is 11.9 Å². The lowest BCUT2D eigenvalue weighted by Gasteiger charge is -2.17. The van der Waals surface area contributed by atoms with Crippen molar-refractivity contribution in [3.63, 3.8) is 0 Å². The number of ether oxygens (including phenoxy) is 2. The number of benzene rings is 2. The Bertz CT molecular complexity index is 1180. The molecule has 1 aromatic heterocycles. The zero-order valence-electron chi connectivity index (χ0n) is 18.0. The lowest BCUT2D eigenvalue weighted by atomic mass is 10.1. The molecule has 3 aromatic rings. The first-order valence-electron chi connectivity index (χ1n) is 9.83. The van der Waals surface area contributed by atoms with E-state index < -0.39 is 10.0 Å². The summed E-state index contributed by atoms with van der Waals surface area (Å²) in [6.07, 6.45) is 4.46. The van der Waals surface area contributed by atoms with Gasteiger partial charge in [-0.3, -0.25) is 14.5 Å². The second-order valence-corrected chi connectivity index (χ2v) is 8.95. The smallest absolute Gasteiger partial charge is 0.251 e. The summed E-state index contributed by atoms with van der Waals surface area (Å²) in [6.45, 7) is 2.23. The Morgan fingerprint density at radius 3 is 2.50 bits per heavy atom. The van der Waals surface area contributed by atoms with E-state index in [2.05, 4.69) is 15.0 Å². The van der Waals surface area contributed by atoms with E-state index in [9.17, 15) is 13.2 Å². The van der Waals surface area contributed by atoms with Crippen LogP contribution < -0.4 is 19.5 Å². The first kappa shape index (κ1) is 23.1. The Labute approximate surface area is 187 Å². The van der Waals surface area contributed by atoms with Gasteiger partial charge in [0.15, 0.2) is 11.5 Å². The van der Waals surface area contributed by atoms with Crippen LogP contribution in [0.15, 0.2) is 67.0 Å². The molecule has 0 bridgehead atoms.